The van der Waals surface area contributed by atoms with Crippen LogP contribution in [-0.2, 0) is 28.8 Å². The first-order chi connectivity index (χ1) is 21.6. The molecule has 0 fully saturated rings. The van der Waals surface area contributed by atoms with Crippen LogP contribution in [0.15, 0.2) is 34.8 Å². The van der Waals surface area contributed by atoms with Gasteiger partial charge in [-0.2, -0.15) is 0 Å². The van der Waals surface area contributed by atoms with Gasteiger partial charge in [0.1, 0.15) is 16.0 Å². The summed E-state index contributed by atoms with van der Waals surface area (Å²) in [6.07, 6.45) is 0. The van der Waals surface area contributed by atoms with Gasteiger partial charge in [0.2, 0.25) is 23.0 Å². The van der Waals surface area contributed by atoms with Crippen molar-refractivity contribution in [2.24, 2.45) is 0 Å². The van der Waals surface area contributed by atoms with Crippen molar-refractivity contribution >= 4 is 51.7 Å². The number of benzene rings is 3. The molecule has 0 atom stereocenters. The molecule has 46 heavy (non-hydrogen) atoms. The van der Waals surface area contributed by atoms with Crippen molar-refractivity contribution in [3.05, 3.63) is 34.8 Å². The summed E-state index contributed by atoms with van der Waals surface area (Å²) in [5.74, 6) is -7.15. The molecule has 1 aliphatic heterocycles. The lowest BCUT2D eigenvalue weighted by Gasteiger charge is -2.26. The van der Waals surface area contributed by atoms with Gasteiger partial charge in [0.25, 0.3) is 0 Å². The van der Waals surface area contributed by atoms with Crippen LogP contribution in [0.25, 0.3) is 0 Å². The van der Waals surface area contributed by atoms with Crippen LogP contribution in [0.5, 0.6) is 69.0 Å². The lowest BCUT2D eigenvalue weighted by molar-refractivity contribution is -0.133. The quantitative estimate of drug-likeness (QED) is 0.161. The van der Waals surface area contributed by atoms with Crippen molar-refractivity contribution in [2.75, 3.05) is 0 Å². The SMILES string of the molecule is CC(=O)Oc1cc(OC(C)=O)c2c(c1)Oc1c(OC(C)=O)cc(OC(C)=O)c(Oc3cc(OC(C)=O)c(Br)c(OC(C)=O)c3)c1O2. The first-order valence-electron chi connectivity index (χ1n) is 13.0. The molecule has 0 aromatic heterocycles. The van der Waals surface area contributed by atoms with Crippen LogP contribution in [0.1, 0.15) is 41.5 Å². The van der Waals surface area contributed by atoms with Gasteiger partial charge in [-0.3, -0.25) is 28.8 Å². The molecule has 1 aliphatic rings. The molecule has 0 spiro atoms. The second-order valence-corrected chi connectivity index (χ2v) is 10.0. The van der Waals surface area contributed by atoms with E-state index in [1.54, 1.807) is 0 Å². The average Bonchev–Trinajstić information content (AvgIpc) is 2.90. The highest BCUT2D eigenvalue weighted by molar-refractivity contribution is 9.10. The maximum absolute atomic E-state index is 12.1. The smallest absolute Gasteiger partial charge is 0.308 e. The monoisotopic (exact) mass is 702 g/mol. The van der Waals surface area contributed by atoms with E-state index in [2.05, 4.69) is 15.9 Å². The van der Waals surface area contributed by atoms with Crippen molar-refractivity contribution in [2.45, 2.75) is 41.5 Å². The highest BCUT2D eigenvalue weighted by Crippen LogP contribution is 2.61. The number of hydrogen-bond donors (Lipinski definition) is 0. The Kier molecular flexibility index (Phi) is 9.80. The van der Waals surface area contributed by atoms with E-state index in [9.17, 15) is 28.8 Å². The predicted octanol–water partition coefficient (Wildman–Crippen LogP) is 5.69. The van der Waals surface area contributed by atoms with Gasteiger partial charge in [0.05, 0.1) is 0 Å². The lowest BCUT2D eigenvalue weighted by Crippen LogP contribution is -2.12. The Balaban J connectivity index is 1.97. The molecule has 15 nitrogen and oxygen atoms in total. The molecule has 4 rings (SSSR count). The number of carbonyl (C=O) groups excluding carboxylic acids is 6. The summed E-state index contributed by atoms with van der Waals surface area (Å²) in [6, 6.07) is 6.03. The van der Waals surface area contributed by atoms with Crippen LogP contribution in [0, 0.1) is 0 Å². The fraction of sp³-hybridized carbons (Fsp3) is 0.200. The maximum Gasteiger partial charge on any atom is 0.308 e. The second kappa shape index (κ2) is 13.6. The maximum atomic E-state index is 12.1. The van der Waals surface area contributed by atoms with E-state index in [0.717, 1.165) is 47.6 Å². The number of fused-ring (bicyclic) bond motifs is 2. The van der Waals surface area contributed by atoms with Crippen LogP contribution < -0.4 is 42.6 Å². The van der Waals surface area contributed by atoms with Crippen molar-refractivity contribution < 1.29 is 71.4 Å². The van der Waals surface area contributed by atoms with Gasteiger partial charge in [-0.25, -0.2) is 0 Å². The van der Waals surface area contributed by atoms with Crippen LogP contribution in [0.2, 0.25) is 0 Å². The van der Waals surface area contributed by atoms with E-state index in [1.807, 2.05) is 0 Å². The Morgan fingerprint density at radius 2 is 0.913 bits per heavy atom. The molecule has 0 saturated carbocycles. The zero-order chi connectivity index (χ0) is 33.9. The Bertz CT molecular complexity index is 1770. The van der Waals surface area contributed by atoms with Gasteiger partial charge in [-0.05, 0) is 15.9 Å². The number of ether oxygens (including phenoxy) is 9. The van der Waals surface area contributed by atoms with E-state index in [1.165, 1.54) is 24.3 Å². The molecule has 1 heterocycles. The summed E-state index contributed by atoms with van der Waals surface area (Å²) < 4.78 is 49.8. The first kappa shape index (κ1) is 33.3. The van der Waals surface area contributed by atoms with E-state index >= 15 is 0 Å². The van der Waals surface area contributed by atoms with Crippen molar-refractivity contribution in [1.82, 2.24) is 0 Å². The molecule has 240 valence electrons. The van der Waals surface area contributed by atoms with Crippen molar-refractivity contribution in [3.8, 4) is 69.0 Å². The minimum absolute atomic E-state index is 0.0811. The normalized spacial score (nSPS) is 10.9. The molecule has 0 N–H and O–H groups in total. The Hall–Kier alpha value is -5.64. The number of hydrogen-bond acceptors (Lipinski definition) is 15. The van der Waals surface area contributed by atoms with Crippen molar-refractivity contribution in [3.63, 3.8) is 0 Å². The zero-order valence-corrected chi connectivity index (χ0v) is 26.5. The summed E-state index contributed by atoms with van der Waals surface area (Å²) in [7, 11) is 0. The van der Waals surface area contributed by atoms with Gasteiger partial charge in [-0.1, -0.05) is 0 Å². The minimum Gasteiger partial charge on any atom is -0.449 e. The molecule has 16 heteroatoms. The number of carbonyl (C=O) groups is 6. The molecule has 0 radical (unpaired) electrons. The zero-order valence-electron chi connectivity index (χ0n) is 24.9. The minimum atomic E-state index is -0.820. The molecule has 0 amide bonds. The van der Waals surface area contributed by atoms with E-state index in [0.29, 0.717) is 0 Å². The molecule has 0 saturated heterocycles. The predicted molar refractivity (Wildman–Crippen MR) is 155 cm³/mol. The molecule has 0 bridgehead atoms. The topological polar surface area (TPSA) is 185 Å². The van der Waals surface area contributed by atoms with Gasteiger partial charge >= 0.3 is 35.8 Å². The molecule has 3 aromatic rings. The molecular weight excluding hydrogens is 680 g/mol. The third-order valence-corrected chi connectivity index (χ3v) is 6.04. The third kappa shape index (κ3) is 7.89. The van der Waals surface area contributed by atoms with Gasteiger partial charge in [0, 0.05) is 71.9 Å². The largest absolute Gasteiger partial charge is 0.449 e. The summed E-state index contributed by atoms with van der Waals surface area (Å²) >= 11 is 3.22. The molecular formula is C30H23BrO15. The van der Waals surface area contributed by atoms with Gasteiger partial charge in [0.15, 0.2) is 34.5 Å². The Morgan fingerprint density at radius 3 is 1.41 bits per heavy atom. The van der Waals surface area contributed by atoms with Gasteiger partial charge < -0.3 is 42.6 Å². The third-order valence-electron chi connectivity index (χ3n) is 5.26. The molecule has 3 aromatic carbocycles. The number of halogens is 1. The fourth-order valence-corrected chi connectivity index (χ4v) is 4.29. The van der Waals surface area contributed by atoms with Crippen LogP contribution in [0.4, 0.5) is 0 Å². The van der Waals surface area contributed by atoms with Crippen LogP contribution in [0.3, 0.4) is 0 Å². The molecule has 0 unspecified atom stereocenters. The van der Waals surface area contributed by atoms with E-state index < -0.39 is 35.8 Å². The highest BCUT2D eigenvalue weighted by atomic mass is 79.9. The fourth-order valence-electron chi connectivity index (χ4n) is 3.90. The van der Waals surface area contributed by atoms with Crippen molar-refractivity contribution in [1.29, 1.82) is 0 Å². The summed E-state index contributed by atoms with van der Waals surface area (Å²) in [5.41, 5.74) is 0. The highest BCUT2D eigenvalue weighted by Gasteiger charge is 2.35. The van der Waals surface area contributed by atoms with E-state index in [4.69, 9.17) is 42.6 Å². The standard InChI is InChI=1S/C30H23BrO15/c1-12(32)38-18-9-22(41-15(4)35)27-23(10-18)45-29-25(43-17(6)37)11-24(42-16(5)36)28(30(29)46-27)44-19-7-20(39-13(2)33)26(31)21(8-19)40-14(3)34/h7-11H,1-6H3. The molecule has 0 aliphatic carbocycles. The average molecular weight is 703 g/mol. The number of esters is 6. The van der Waals surface area contributed by atoms with E-state index in [-0.39, 0.29) is 73.5 Å². The second-order valence-electron chi connectivity index (χ2n) is 9.21. The first-order valence-corrected chi connectivity index (χ1v) is 13.8. The summed E-state index contributed by atoms with van der Waals surface area (Å²) in [6.45, 7) is 6.75. The lowest BCUT2D eigenvalue weighted by atomic mass is 10.2. The van der Waals surface area contributed by atoms with Crippen LogP contribution >= 0.6 is 15.9 Å². The summed E-state index contributed by atoms with van der Waals surface area (Å²) in [5, 5.41) is 0. The summed E-state index contributed by atoms with van der Waals surface area (Å²) in [4.78, 5) is 71.3. The van der Waals surface area contributed by atoms with Gasteiger partial charge in [-0.15, -0.1) is 0 Å². The number of rotatable bonds is 8. The Morgan fingerprint density at radius 1 is 0.478 bits per heavy atom. The van der Waals surface area contributed by atoms with Crippen LogP contribution in [-0.4, -0.2) is 35.8 Å². The Labute approximate surface area is 268 Å².